The molecule has 2 aromatic carbocycles. The lowest BCUT2D eigenvalue weighted by Gasteiger charge is -2.15. The van der Waals surface area contributed by atoms with Gasteiger partial charge in [-0.3, -0.25) is 4.79 Å². The number of amides is 1. The first-order valence-electron chi connectivity index (χ1n) is 6.33. The summed E-state index contributed by atoms with van der Waals surface area (Å²) in [5.41, 5.74) is 2.15. The van der Waals surface area contributed by atoms with Gasteiger partial charge in [0.2, 0.25) is 5.91 Å². The zero-order chi connectivity index (χ0) is 14.5. The molecule has 0 bridgehead atoms. The third-order valence-electron chi connectivity index (χ3n) is 3.09. The summed E-state index contributed by atoms with van der Waals surface area (Å²) in [6.45, 7) is 3.79. The first-order valence-corrected chi connectivity index (χ1v) is 6.33. The summed E-state index contributed by atoms with van der Waals surface area (Å²) in [6.07, 6.45) is 1.24. The van der Waals surface area contributed by atoms with Crippen LogP contribution in [0.3, 0.4) is 0 Å². The Morgan fingerprint density at radius 2 is 1.95 bits per heavy atom. The Morgan fingerprint density at radius 1 is 1.25 bits per heavy atom. The Labute approximate surface area is 118 Å². The van der Waals surface area contributed by atoms with Gasteiger partial charge >= 0.3 is 0 Å². The number of carbonyl (C=O) groups is 1. The van der Waals surface area contributed by atoms with Crippen molar-refractivity contribution in [3.8, 4) is 11.1 Å². The van der Waals surface area contributed by atoms with Crippen molar-refractivity contribution >= 4 is 5.91 Å². The van der Waals surface area contributed by atoms with E-state index in [0.717, 1.165) is 11.1 Å². The van der Waals surface area contributed by atoms with Crippen molar-refractivity contribution in [2.45, 2.75) is 6.54 Å². The predicted octanol–water partition coefficient (Wildman–Crippen LogP) is 3.64. The van der Waals surface area contributed by atoms with Crippen LogP contribution in [0.25, 0.3) is 11.1 Å². The van der Waals surface area contributed by atoms with E-state index in [1.54, 1.807) is 13.1 Å². The maximum atomic E-state index is 14.1. The van der Waals surface area contributed by atoms with E-state index in [-0.39, 0.29) is 11.7 Å². The zero-order valence-electron chi connectivity index (χ0n) is 11.3. The highest BCUT2D eigenvalue weighted by Gasteiger charge is 2.09. The summed E-state index contributed by atoms with van der Waals surface area (Å²) < 4.78 is 14.1. The van der Waals surface area contributed by atoms with Crippen molar-refractivity contribution in [1.82, 2.24) is 4.90 Å². The van der Waals surface area contributed by atoms with Crippen molar-refractivity contribution < 1.29 is 9.18 Å². The molecule has 1 amide bonds. The van der Waals surface area contributed by atoms with Crippen molar-refractivity contribution in [3.63, 3.8) is 0 Å². The van der Waals surface area contributed by atoms with E-state index in [0.29, 0.717) is 12.1 Å². The van der Waals surface area contributed by atoms with Crippen LogP contribution in [-0.2, 0) is 11.3 Å². The second-order valence-corrected chi connectivity index (χ2v) is 4.58. The predicted molar refractivity (Wildman–Crippen MR) is 78.5 cm³/mol. The second kappa shape index (κ2) is 6.15. The monoisotopic (exact) mass is 269 g/mol. The Morgan fingerprint density at radius 3 is 2.55 bits per heavy atom. The normalized spacial score (nSPS) is 10.1. The van der Waals surface area contributed by atoms with Crippen LogP contribution in [0.5, 0.6) is 0 Å². The molecule has 0 saturated heterocycles. The molecule has 2 aromatic rings. The number of likely N-dealkylation sites (N-methyl/N-ethyl adjacent to an activating group) is 1. The molecule has 0 N–H and O–H groups in total. The molecule has 0 radical (unpaired) electrons. The summed E-state index contributed by atoms with van der Waals surface area (Å²) in [5.74, 6) is -0.467. The van der Waals surface area contributed by atoms with Crippen molar-refractivity contribution in [2.75, 3.05) is 7.05 Å². The first kappa shape index (κ1) is 14.0. The summed E-state index contributed by atoms with van der Waals surface area (Å²) in [4.78, 5) is 12.9. The molecule has 0 aliphatic rings. The molecular weight excluding hydrogens is 253 g/mol. The molecule has 0 heterocycles. The molecule has 20 heavy (non-hydrogen) atoms. The van der Waals surface area contributed by atoms with Crippen LogP contribution < -0.4 is 0 Å². The lowest BCUT2D eigenvalue weighted by molar-refractivity contribution is -0.125. The number of nitrogens with zero attached hydrogens (tertiary/aromatic N) is 1. The molecule has 3 heteroatoms. The maximum Gasteiger partial charge on any atom is 0.245 e. The van der Waals surface area contributed by atoms with Gasteiger partial charge in [-0.2, -0.15) is 0 Å². The standard InChI is InChI=1S/C17H16FNO/c1-3-17(20)19(2)12-13-9-10-15(16(18)11-13)14-7-5-4-6-8-14/h3-11H,1,12H2,2H3. The highest BCUT2D eigenvalue weighted by atomic mass is 19.1. The fourth-order valence-corrected chi connectivity index (χ4v) is 2.02. The highest BCUT2D eigenvalue weighted by Crippen LogP contribution is 2.23. The molecule has 0 aliphatic heterocycles. The molecule has 2 rings (SSSR count). The lowest BCUT2D eigenvalue weighted by Crippen LogP contribution is -2.23. The van der Waals surface area contributed by atoms with Crippen LogP contribution >= 0.6 is 0 Å². The van der Waals surface area contributed by atoms with Gasteiger partial charge in [0.05, 0.1) is 0 Å². The van der Waals surface area contributed by atoms with Crippen LogP contribution in [-0.4, -0.2) is 17.9 Å². The Kier molecular flexibility index (Phi) is 4.31. The molecular formula is C17H16FNO. The third-order valence-corrected chi connectivity index (χ3v) is 3.09. The highest BCUT2D eigenvalue weighted by molar-refractivity contribution is 5.86. The Balaban J connectivity index is 2.22. The molecule has 0 unspecified atom stereocenters. The molecule has 0 saturated carbocycles. The van der Waals surface area contributed by atoms with Crippen molar-refractivity contribution in [1.29, 1.82) is 0 Å². The topological polar surface area (TPSA) is 20.3 Å². The smallest absolute Gasteiger partial charge is 0.245 e. The van der Waals surface area contributed by atoms with Gasteiger partial charge in [-0.25, -0.2) is 4.39 Å². The number of benzene rings is 2. The molecule has 0 fully saturated rings. The van der Waals surface area contributed by atoms with Crippen molar-refractivity contribution in [2.24, 2.45) is 0 Å². The Bertz CT molecular complexity index is 622. The minimum atomic E-state index is -0.284. The zero-order valence-corrected chi connectivity index (χ0v) is 11.3. The summed E-state index contributed by atoms with van der Waals surface area (Å²) in [7, 11) is 1.66. The van der Waals surface area contributed by atoms with Gasteiger partial charge in [-0.1, -0.05) is 49.0 Å². The quantitative estimate of drug-likeness (QED) is 0.776. The van der Waals surface area contributed by atoms with Gasteiger partial charge in [0.1, 0.15) is 5.82 Å². The average Bonchev–Trinajstić information content (AvgIpc) is 2.47. The van der Waals surface area contributed by atoms with Crippen LogP contribution in [0.15, 0.2) is 61.2 Å². The summed E-state index contributed by atoms with van der Waals surface area (Å²) in [6, 6.07) is 14.4. The van der Waals surface area contributed by atoms with E-state index < -0.39 is 0 Å². The van der Waals surface area contributed by atoms with Gasteiger partial charge < -0.3 is 4.90 Å². The van der Waals surface area contributed by atoms with E-state index >= 15 is 0 Å². The van der Waals surface area contributed by atoms with E-state index in [9.17, 15) is 9.18 Å². The number of hydrogen-bond donors (Lipinski definition) is 0. The molecule has 2 nitrogen and oxygen atoms in total. The molecule has 0 atom stereocenters. The van der Waals surface area contributed by atoms with Gasteiger partial charge in [0, 0.05) is 19.2 Å². The first-order chi connectivity index (χ1) is 9.61. The van der Waals surface area contributed by atoms with Crippen LogP contribution in [0, 0.1) is 5.82 Å². The third kappa shape index (κ3) is 3.12. The van der Waals surface area contributed by atoms with Gasteiger partial charge in [0.15, 0.2) is 0 Å². The van der Waals surface area contributed by atoms with E-state index in [4.69, 9.17) is 0 Å². The molecule has 0 aromatic heterocycles. The lowest BCUT2D eigenvalue weighted by atomic mass is 10.0. The SMILES string of the molecule is C=CC(=O)N(C)Cc1ccc(-c2ccccc2)c(F)c1. The Hall–Kier alpha value is -2.42. The van der Waals surface area contributed by atoms with Gasteiger partial charge in [0.25, 0.3) is 0 Å². The average molecular weight is 269 g/mol. The summed E-state index contributed by atoms with van der Waals surface area (Å²) >= 11 is 0. The number of rotatable bonds is 4. The minimum Gasteiger partial charge on any atom is -0.338 e. The van der Waals surface area contributed by atoms with E-state index in [2.05, 4.69) is 6.58 Å². The van der Waals surface area contributed by atoms with Gasteiger partial charge in [-0.15, -0.1) is 0 Å². The summed E-state index contributed by atoms with van der Waals surface area (Å²) in [5, 5.41) is 0. The largest absolute Gasteiger partial charge is 0.338 e. The minimum absolute atomic E-state index is 0.183. The maximum absolute atomic E-state index is 14.1. The van der Waals surface area contributed by atoms with E-state index in [1.807, 2.05) is 36.4 Å². The fourth-order valence-electron chi connectivity index (χ4n) is 2.02. The fraction of sp³-hybridized carbons (Fsp3) is 0.118. The van der Waals surface area contributed by atoms with Crippen LogP contribution in [0.2, 0.25) is 0 Å². The molecule has 0 spiro atoms. The van der Waals surface area contributed by atoms with E-state index in [1.165, 1.54) is 17.0 Å². The molecule has 102 valence electrons. The van der Waals surface area contributed by atoms with Crippen LogP contribution in [0.4, 0.5) is 4.39 Å². The van der Waals surface area contributed by atoms with Crippen molar-refractivity contribution in [3.05, 3.63) is 72.6 Å². The molecule has 0 aliphatic carbocycles. The number of carbonyl (C=O) groups excluding carboxylic acids is 1. The van der Waals surface area contributed by atoms with Crippen LogP contribution in [0.1, 0.15) is 5.56 Å². The second-order valence-electron chi connectivity index (χ2n) is 4.58. The number of halogens is 1. The van der Waals surface area contributed by atoms with Gasteiger partial charge in [-0.05, 0) is 23.3 Å². The number of hydrogen-bond acceptors (Lipinski definition) is 1.